The highest BCUT2D eigenvalue weighted by Crippen LogP contribution is 2.46. The molecular formula is C13H18O2S. The maximum atomic E-state index is 12.2. The number of ketones is 2. The molecule has 3 heteroatoms. The fourth-order valence-electron chi connectivity index (χ4n) is 2.43. The molecule has 1 saturated carbocycles. The molecule has 1 aliphatic carbocycles. The Balaban J connectivity index is 2.29. The minimum absolute atomic E-state index is 0.141. The first-order valence-electron chi connectivity index (χ1n) is 5.72. The summed E-state index contributed by atoms with van der Waals surface area (Å²) in [4.78, 5) is 24.5. The summed E-state index contributed by atoms with van der Waals surface area (Å²) in [7, 11) is 0. The van der Waals surface area contributed by atoms with Gasteiger partial charge in [0.2, 0.25) is 0 Å². The van der Waals surface area contributed by atoms with Crippen LogP contribution in [0.3, 0.4) is 0 Å². The van der Waals surface area contributed by atoms with E-state index in [1.54, 1.807) is 11.8 Å². The zero-order valence-corrected chi connectivity index (χ0v) is 10.9. The van der Waals surface area contributed by atoms with Gasteiger partial charge in [0.15, 0.2) is 11.6 Å². The summed E-state index contributed by atoms with van der Waals surface area (Å²) in [5.41, 5.74) is 1.14. The first-order chi connectivity index (χ1) is 7.36. The molecule has 0 atom stereocenters. The molecule has 2 nitrogen and oxygen atoms in total. The van der Waals surface area contributed by atoms with Gasteiger partial charge >= 0.3 is 0 Å². The van der Waals surface area contributed by atoms with Gasteiger partial charge in [-0.2, -0.15) is 0 Å². The molecule has 1 aliphatic heterocycles. The maximum Gasteiger partial charge on any atom is 0.157 e. The van der Waals surface area contributed by atoms with Crippen molar-refractivity contribution in [3.05, 3.63) is 11.6 Å². The molecule has 0 amide bonds. The first kappa shape index (κ1) is 11.9. The summed E-state index contributed by atoms with van der Waals surface area (Å²) in [6.07, 6.45) is 3.75. The zero-order chi connectivity index (χ0) is 12.0. The van der Waals surface area contributed by atoms with Crippen LogP contribution in [-0.2, 0) is 9.59 Å². The van der Waals surface area contributed by atoms with Crippen LogP contribution in [0.25, 0.3) is 0 Å². The second-order valence-electron chi connectivity index (χ2n) is 5.73. The Morgan fingerprint density at radius 1 is 1.19 bits per heavy atom. The fourth-order valence-corrected chi connectivity index (χ4v) is 3.69. The molecule has 1 heterocycles. The van der Waals surface area contributed by atoms with Gasteiger partial charge in [-0.25, -0.2) is 0 Å². The van der Waals surface area contributed by atoms with Crippen molar-refractivity contribution in [1.29, 1.82) is 0 Å². The predicted octanol–water partition coefficient (Wildman–Crippen LogP) is 2.77. The Morgan fingerprint density at radius 3 is 2.19 bits per heavy atom. The highest BCUT2D eigenvalue weighted by Gasteiger charge is 2.52. The van der Waals surface area contributed by atoms with E-state index in [2.05, 4.69) is 13.0 Å². The highest BCUT2D eigenvalue weighted by molar-refractivity contribution is 8.02. The van der Waals surface area contributed by atoms with Gasteiger partial charge in [-0.3, -0.25) is 9.59 Å². The average molecular weight is 238 g/mol. The van der Waals surface area contributed by atoms with Crippen molar-refractivity contribution < 1.29 is 9.59 Å². The van der Waals surface area contributed by atoms with Crippen molar-refractivity contribution >= 4 is 23.3 Å². The third-order valence-electron chi connectivity index (χ3n) is 3.46. The van der Waals surface area contributed by atoms with Gasteiger partial charge in [0.05, 0.1) is 0 Å². The number of hydrogen-bond acceptors (Lipinski definition) is 3. The SMILES string of the molecule is CC1=CCC2(SC1)C(=O)CC(C)(C)CC2=O. The predicted molar refractivity (Wildman–Crippen MR) is 66.6 cm³/mol. The summed E-state index contributed by atoms with van der Waals surface area (Å²) >= 11 is 1.54. The maximum absolute atomic E-state index is 12.2. The molecule has 0 aromatic rings. The number of rotatable bonds is 0. The van der Waals surface area contributed by atoms with Crippen LogP contribution in [0, 0.1) is 5.41 Å². The summed E-state index contributed by atoms with van der Waals surface area (Å²) in [5, 5.41) is 0. The molecule has 2 rings (SSSR count). The minimum Gasteiger partial charge on any atom is -0.298 e. The van der Waals surface area contributed by atoms with Crippen molar-refractivity contribution in [3.8, 4) is 0 Å². The van der Waals surface area contributed by atoms with Crippen LogP contribution in [-0.4, -0.2) is 22.1 Å². The number of Topliss-reactive ketones (excluding diaryl/α,β-unsaturated/α-hetero) is 2. The largest absolute Gasteiger partial charge is 0.298 e. The number of thioether (sulfide) groups is 1. The van der Waals surface area contributed by atoms with Crippen molar-refractivity contribution in [2.45, 2.75) is 44.8 Å². The quantitative estimate of drug-likeness (QED) is 0.481. The summed E-state index contributed by atoms with van der Waals surface area (Å²) < 4.78 is -0.727. The fraction of sp³-hybridized carbons (Fsp3) is 0.692. The lowest BCUT2D eigenvalue weighted by Crippen LogP contribution is -2.51. The molecule has 0 aromatic carbocycles. The average Bonchev–Trinajstić information content (AvgIpc) is 2.15. The molecule has 16 heavy (non-hydrogen) atoms. The lowest BCUT2D eigenvalue weighted by atomic mass is 9.70. The van der Waals surface area contributed by atoms with Gasteiger partial charge in [0.25, 0.3) is 0 Å². The number of carbonyl (C=O) groups excluding carboxylic acids is 2. The van der Waals surface area contributed by atoms with E-state index in [4.69, 9.17) is 0 Å². The molecule has 0 unspecified atom stereocenters. The smallest absolute Gasteiger partial charge is 0.157 e. The van der Waals surface area contributed by atoms with Crippen LogP contribution >= 0.6 is 11.8 Å². The lowest BCUT2D eigenvalue weighted by Gasteiger charge is -2.41. The molecule has 0 N–H and O–H groups in total. The Labute approximate surface area is 101 Å². The molecule has 2 aliphatic rings. The van der Waals surface area contributed by atoms with E-state index >= 15 is 0 Å². The molecular weight excluding hydrogens is 220 g/mol. The molecule has 88 valence electrons. The molecule has 0 aromatic heterocycles. The van der Waals surface area contributed by atoms with E-state index in [0.717, 1.165) is 5.75 Å². The molecule has 0 bridgehead atoms. The van der Waals surface area contributed by atoms with Gasteiger partial charge in [0, 0.05) is 18.6 Å². The minimum atomic E-state index is -0.727. The summed E-state index contributed by atoms with van der Waals surface area (Å²) in [6.45, 7) is 6.07. The Morgan fingerprint density at radius 2 is 1.75 bits per heavy atom. The second kappa shape index (κ2) is 3.73. The van der Waals surface area contributed by atoms with Crippen molar-refractivity contribution in [3.63, 3.8) is 0 Å². The first-order valence-corrected chi connectivity index (χ1v) is 6.70. The van der Waals surface area contributed by atoms with E-state index in [1.165, 1.54) is 5.57 Å². The highest BCUT2D eigenvalue weighted by atomic mass is 32.2. The topological polar surface area (TPSA) is 34.1 Å². The Kier molecular flexibility index (Phi) is 2.77. The van der Waals surface area contributed by atoms with Gasteiger partial charge in [0.1, 0.15) is 4.75 Å². The molecule has 1 fully saturated rings. The van der Waals surface area contributed by atoms with E-state index in [0.29, 0.717) is 19.3 Å². The monoisotopic (exact) mass is 238 g/mol. The number of allylic oxidation sites excluding steroid dienone is 1. The lowest BCUT2D eigenvalue weighted by molar-refractivity contribution is -0.137. The van der Waals surface area contributed by atoms with Crippen LogP contribution in [0.1, 0.15) is 40.0 Å². The summed E-state index contributed by atoms with van der Waals surface area (Å²) in [6, 6.07) is 0. The second-order valence-corrected chi connectivity index (χ2v) is 7.01. The van der Waals surface area contributed by atoms with Crippen molar-refractivity contribution in [2.75, 3.05) is 5.75 Å². The van der Waals surface area contributed by atoms with Crippen LogP contribution in [0.15, 0.2) is 11.6 Å². The number of hydrogen-bond donors (Lipinski definition) is 0. The van der Waals surface area contributed by atoms with Crippen LogP contribution < -0.4 is 0 Å². The molecule has 0 radical (unpaired) electrons. The van der Waals surface area contributed by atoms with Crippen LogP contribution in [0.2, 0.25) is 0 Å². The normalized spacial score (nSPS) is 28.1. The summed E-state index contributed by atoms with van der Waals surface area (Å²) in [5.74, 6) is 1.10. The van der Waals surface area contributed by atoms with Gasteiger partial charge in [-0.15, -0.1) is 11.8 Å². The van der Waals surface area contributed by atoms with Gasteiger partial charge in [-0.1, -0.05) is 25.5 Å². The molecule has 0 saturated heterocycles. The van der Waals surface area contributed by atoms with E-state index in [-0.39, 0.29) is 17.0 Å². The van der Waals surface area contributed by atoms with Gasteiger partial charge < -0.3 is 0 Å². The van der Waals surface area contributed by atoms with Crippen LogP contribution in [0.4, 0.5) is 0 Å². The zero-order valence-electron chi connectivity index (χ0n) is 10.1. The van der Waals surface area contributed by atoms with Crippen LogP contribution in [0.5, 0.6) is 0 Å². The Hall–Kier alpha value is -0.570. The van der Waals surface area contributed by atoms with Crippen molar-refractivity contribution in [1.82, 2.24) is 0 Å². The Bertz CT molecular complexity index is 359. The van der Waals surface area contributed by atoms with E-state index < -0.39 is 4.75 Å². The van der Waals surface area contributed by atoms with Gasteiger partial charge in [-0.05, 0) is 18.8 Å². The van der Waals surface area contributed by atoms with E-state index in [9.17, 15) is 9.59 Å². The molecule has 1 spiro atoms. The third-order valence-corrected chi connectivity index (χ3v) is 5.18. The standard InChI is InChI=1S/C13H18O2S/c1-9-4-5-13(16-8-9)10(14)6-12(2,3)7-11(13)15/h4H,5-8H2,1-3H3. The van der Waals surface area contributed by atoms with E-state index in [1.807, 2.05) is 13.8 Å². The number of carbonyl (C=O) groups is 2. The third kappa shape index (κ3) is 1.86. The van der Waals surface area contributed by atoms with Crippen molar-refractivity contribution in [2.24, 2.45) is 5.41 Å².